The second kappa shape index (κ2) is 6.81. The van der Waals surface area contributed by atoms with E-state index in [0.29, 0.717) is 6.54 Å². The molecular weight excluding hydrogens is 292 g/mol. The lowest BCUT2D eigenvalue weighted by Gasteiger charge is -2.14. The summed E-state index contributed by atoms with van der Waals surface area (Å²) in [6, 6.07) is -0.221. The number of amides is 2. The van der Waals surface area contributed by atoms with Crippen molar-refractivity contribution >= 4 is 28.7 Å². The van der Waals surface area contributed by atoms with E-state index in [2.05, 4.69) is 20.6 Å². The monoisotopic (exact) mass is 310 g/mol. The average Bonchev–Trinajstić information content (AvgIpc) is 3.02. The summed E-state index contributed by atoms with van der Waals surface area (Å²) in [4.78, 5) is 20.6. The maximum absolute atomic E-state index is 11.9. The van der Waals surface area contributed by atoms with Gasteiger partial charge in [0.15, 0.2) is 0 Å². The van der Waals surface area contributed by atoms with E-state index in [-0.39, 0.29) is 12.1 Å². The predicted octanol–water partition coefficient (Wildman–Crippen LogP) is 3.17. The third kappa shape index (κ3) is 4.01. The second-order valence-electron chi connectivity index (χ2n) is 4.47. The van der Waals surface area contributed by atoms with Crippen LogP contribution in [0.25, 0.3) is 0 Å². The first kappa shape index (κ1) is 14.9. The highest BCUT2D eigenvalue weighted by Crippen LogP contribution is 2.20. The maximum atomic E-state index is 11.9. The van der Waals surface area contributed by atoms with Gasteiger partial charge in [0.05, 0.1) is 23.3 Å². The van der Waals surface area contributed by atoms with Crippen LogP contribution in [0.1, 0.15) is 40.8 Å². The molecule has 0 fully saturated rings. The topological polar surface area (TPSA) is 66.9 Å². The Hall–Kier alpha value is -1.47. The summed E-state index contributed by atoms with van der Waals surface area (Å²) >= 11 is 3.16. The van der Waals surface area contributed by atoms with E-state index in [1.807, 2.05) is 31.5 Å². The van der Waals surface area contributed by atoms with Gasteiger partial charge in [0.1, 0.15) is 5.01 Å². The molecule has 20 heavy (non-hydrogen) atoms. The molecule has 0 aliphatic carbocycles. The fourth-order valence-corrected chi connectivity index (χ4v) is 3.28. The molecule has 2 aromatic heterocycles. The lowest BCUT2D eigenvalue weighted by Crippen LogP contribution is -2.37. The van der Waals surface area contributed by atoms with Crippen molar-refractivity contribution in [1.82, 2.24) is 20.6 Å². The molecule has 0 aromatic carbocycles. The molecule has 0 aliphatic rings. The number of rotatable bonds is 5. The number of nitrogens with zero attached hydrogens (tertiary/aromatic N) is 2. The highest BCUT2D eigenvalue weighted by atomic mass is 32.1. The number of aryl methyl sites for hydroxylation is 2. The van der Waals surface area contributed by atoms with Crippen LogP contribution in [-0.2, 0) is 6.54 Å². The summed E-state index contributed by atoms with van der Waals surface area (Å²) in [6.07, 6.45) is 0.816. The molecule has 2 aromatic rings. The number of aromatic nitrogens is 2. The van der Waals surface area contributed by atoms with Gasteiger partial charge in [-0.25, -0.2) is 14.8 Å². The maximum Gasteiger partial charge on any atom is 0.315 e. The van der Waals surface area contributed by atoms with Gasteiger partial charge in [-0.05, 0) is 20.3 Å². The number of hydrogen-bond donors (Lipinski definition) is 2. The summed E-state index contributed by atoms with van der Waals surface area (Å²) in [7, 11) is 0. The summed E-state index contributed by atoms with van der Waals surface area (Å²) < 4.78 is 0. The molecule has 0 spiro atoms. The van der Waals surface area contributed by atoms with Gasteiger partial charge in [0, 0.05) is 16.5 Å². The van der Waals surface area contributed by atoms with E-state index in [1.54, 1.807) is 22.7 Å². The van der Waals surface area contributed by atoms with E-state index in [0.717, 1.165) is 27.8 Å². The zero-order valence-electron chi connectivity index (χ0n) is 11.8. The zero-order chi connectivity index (χ0) is 14.5. The standard InChI is InChI=1S/C13H18N4OS2/c1-4-11(12-15-8(2)6-20-12)17-13(18)14-5-10-7-19-9(3)16-10/h6-7,11H,4-5H2,1-3H3,(H2,14,17,18)/t11-/m0/s1. The van der Waals surface area contributed by atoms with E-state index >= 15 is 0 Å². The molecule has 2 rings (SSSR count). The molecule has 7 heteroatoms. The highest BCUT2D eigenvalue weighted by Gasteiger charge is 2.15. The molecule has 2 N–H and O–H groups in total. The summed E-state index contributed by atoms with van der Waals surface area (Å²) in [5.74, 6) is 0. The fraction of sp³-hybridized carbons (Fsp3) is 0.462. The van der Waals surface area contributed by atoms with Crippen LogP contribution in [0.4, 0.5) is 4.79 Å². The summed E-state index contributed by atoms with van der Waals surface area (Å²) in [5.41, 5.74) is 1.88. The van der Waals surface area contributed by atoms with Crippen molar-refractivity contribution in [1.29, 1.82) is 0 Å². The van der Waals surface area contributed by atoms with E-state index < -0.39 is 0 Å². The lowest BCUT2D eigenvalue weighted by atomic mass is 10.2. The average molecular weight is 310 g/mol. The smallest absolute Gasteiger partial charge is 0.315 e. The van der Waals surface area contributed by atoms with Crippen molar-refractivity contribution in [2.24, 2.45) is 0 Å². The normalized spacial score (nSPS) is 12.2. The first-order valence-electron chi connectivity index (χ1n) is 6.46. The molecule has 0 unspecified atom stereocenters. The second-order valence-corrected chi connectivity index (χ2v) is 6.42. The minimum atomic E-state index is -0.185. The van der Waals surface area contributed by atoms with Gasteiger partial charge in [-0.15, -0.1) is 22.7 Å². The molecule has 108 valence electrons. The predicted molar refractivity (Wildman–Crippen MR) is 82.1 cm³/mol. The number of carbonyl (C=O) groups is 1. The van der Waals surface area contributed by atoms with Crippen LogP contribution >= 0.6 is 22.7 Å². The third-order valence-corrected chi connectivity index (χ3v) is 4.64. The van der Waals surface area contributed by atoms with Gasteiger partial charge >= 0.3 is 6.03 Å². The summed E-state index contributed by atoms with van der Waals surface area (Å²) in [6.45, 7) is 6.39. The first-order valence-corrected chi connectivity index (χ1v) is 8.21. The van der Waals surface area contributed by atoms with Crippen molar-refractivity contribution in [2.45, 2.75) is 39.8 Å². The van der Waals surface area contributed by atoms with Gasteiger partial charge in [-0.1, -0.05) is 6.92 Å². The minimum Gasteiger partial charge on any atom is -0.332 e. The van der Waals surface area contributed by atoms with Crippen LogP contribution in [0.2, 0.25) is 0 Å². The Morgan fingerprint density at radius 2 is 2.10 bits per heavy atom. The molecule has 5 nitrogen and oxygen atoms in total. The van der Waals surface area contributed by atoms with Gasteiger partial charge in [-0.3, -0.25) is 0 Å². The molecule has 0 saturated carbocycles. The Balaban J connectivity index is 1.86. The number of thiazole rings is 2. The number of urea groups is 1. The van der Waals surface area contributed by atoms with Crippen LogP contribution in [0.15, 0.2) is 10.8 Å². The molecular formula is C13H18N4OS2. The SMILES string of the molecule is CC[C@H](NC(=O)NCc1csc(C)n1)c1nc(C)cs1. The largest absolute Gasteiger partial charge is 0.332 e. The number of carbonyl (C=O) groups excluding carboxylic acids is 1. The lowest BCUT2D eigenvalue weighted by molar-refractivity contribution is 0.236. The van der Waals surface area contributed by atoms with Crippen molar-refractivity contribution in [3.8, 4) is 0 Å². The van der Waals surface area contributed by atoms with Gasteiger partial charge in [-0.2, -0.15) is 0 Å². The molecule has 0 radical (unpaired) electrons. The van der Waals surface area contributed by atoms with E-state index in [4.69, 9.17) is 0 Å². The van der Waals surface area contributed by atoms with Crippen molar-refractivity contribution in [3.63, 3.8) is 0 Å². The molecule has 0 aliphatic heterocycles. The van der Waals surface area contributed by atoms with Crippen molar-refractivity contribution < 1.29 is 4.79 Å². The van der Waals surface area contributed by atoms with Crippen LogP contribution in [0.3, 0.4) is 0 Å². The van der Waals surface area contributed by atoms with Crippen molar-refractivity contribution in [2.75, 3.05) is 0 Å². The third-order valence-electron chi connectivity index (χ3n) is 2.75. The molecule has 1 atom stereocenters. The molecule has 2 heterocycles. The van der Waals surface area contributed by atoms with Crippen LogP contribution in [0, 0.1) is 13.8 Å². The van der Waals surface area contributed by atoms with Gasteiger partial charge in [0.25, 0.3) is 0 Å². The Kier molecular flexibility index (Phi) is 5.08. The highest BCUT2D eigenvalue weighted by molar-refractivity contribution is 7.09. The molecule has 2 amide bonds. The van der Waals surface area contributed by atoms with E-state index in [1.165, 1.54) is 0 Å². The number of hydrogen-bond acceptors (Lipinski definition) is 5. The van der Waals surface area contributed by atoms with Crippen molar-refractivity contribution in [3.05, 3.63) is 32.2 Å². The Labute approximate surface area is 126 Å². The zero-order valence-corrected chi connectivity index (χ0v) is 13.4. The van der Waals surface area contributed by atoms with Crippen LogP contribution < -0.4 is 10.6 Å². The first-order chi connectivity index (χ1) is 9.58. The van der Waals surface area contributed by atoms with Crippen LogP contribution in [0.5, 0.6) is 0 Å². The summed E-state index contributed by atoms with van der Waals surface area (Å²) in [5, 5.41) is 11.7. The number of nitrogens with one attached hydrogen (secondary N) is 2. The minimum absolute atomic E-state index is 0.0362. The fourth-order valence-electron chi connectivity index (χ4n) is 1.74. The quantitative estimate of drug-likeness (QED) is 0.891. The van der Waals surface area contributed by atoms with Gasteiger partial charge in [0.2, 0.25) is 0 Å². The van der Waals surface area contributed by atoms with Gasteiger partial charge < -0.3 is 10.6 Å². The Morgan fingerprint density at radius 1 is 1.30 bits per heavy atom. The molecule has 0 saturated heterocycles. The Morgan fingerprint density at radius 3 is 2.65 bits per heavy atom. The van der Waals surface area contributed by atoms with E-state index in [9.17, 15) is 4.79 Å². The Bertz CT molecular complexity index is 578. The molecule has 0 bridgehead atoms. The van der Waals surface area contributed by atoms with Crippen LogP contribution in [-0.4, -0.2) is 16.0 Å².